The monoisotopic (exact) mass is 328 g/mol. The van der Waals surface area contributed by atoms with Crippen molar-refractivity contribution < 1.29 is 14.3 Å². The molecule has 0 N–H and O–H groups in total. The lowest BCUT2D eigenvalue weighted by Crippen LogP contribution is -2.26. The number of halogens is 1. The highest BCUT2D eigenvalue weighted by Gasteiger charge is 2.34. The van der Waals surface area contributed by atoms with Crippen LogP contribution in [-0.4, -0.2) is 24.2 Å². The molecule has 2 aliphatic heterocycles. The third-order valence-electron chi connectivity index (χ3n) is 3.22. The van der Waals surface area contributed by atoms with Crippen molar-refractivity contribution in [1.82, 2.24) is 0 Å². The van der Waals surface area contributed by atoms with Crippen LogP contribution in [0.15, 0.2) is 10.5 Å². The van der Waals surface area contributed by atoms with E-state index >= 15 is 0 Å². The average Bonchev–Trinajstić information content (AvgIpc) is 2.39. The molecule has 0 aliphatic carbocycles. The predicted molar refractivity (Wildman–Crippen MR) is 74.8 cm³/mol. The van der Waals surface area contributed by atoms with Crippen molar-refractivity contribution in [2.24, 2.45) is 0 Å². The molecular weight excluding hydrogens is 316 g/mol. The Balaban J connectivity index is 2.18. The first-order valence-corrected chi connectivity index (χ1v) is 7.83. The van der Waals surface area contributed by atoms with Gasteiger partial charge < -0.3 is 9.47 Å². The zero-order chi connectivity index (χ0) is 12.7. The summed E-state index contributed by atoms with van der Waals surface area (Å²) in [5.74, 6) is 2.34. The summed E-state index contributed by atoms with van der Waals surface area (Å²) < 4.78 is 12.2. The maximum Gasteiger partial charge on any atom is 0.180 e. The lowest BCUT2D eigenvalue weighted by molar-refractivity contribution is 0.0974. The molecule has 2 aliphatic rings. The summed E-state index contributed by atoms with van der Waals surface area (Å²) in [5, 5.41) is 0.0430. The lowest BCUT2D eigenvalue weighted by Gasteiger charge is -2.28. The van der Waals surface area contributed by atoms with Crippen LogP contribution >= 0.6 is 27.7 Å². The SMILES string of the molecule is CCC1SCc2c(Br)cc3c(c2C1=O)OCCO3. The van der Waals surface area contributed by atoms with E-state index < -0.39 is 0 Å². The zero-order valence-electron chi connectivity index (χ0n) is 9.99. The number of carbonyl (C=O) groups excluding carboxylic acids is 1. The van der Waals surface area contributed by atoms with Crippen molar-refractivity contribution in [3.05, 3.63) is 21.7 Å². The molecule has 0 saturated heterocycles. The molecule has 1 aromatic rings. The Morgan fingerprint density at radius 2 is 2.22 bits per heavy atom. The number of thioether (sulfide) groups is 1. The maximum atomic E-state index is 12.5. The van der Waals surface area contributed by atoms with Gasteiger partial charge >= 0.3 is 0 Å². The van der Waals surface area contributed by atoms with Crippen LogP contribution in [0.2, 0.25) is 0 Å². The van der Waals surface area contributed by atoms with Gasteiger partial charge in [0.25, 0.3) is 0 Å². The van der Waals surface area contributed by atoms with Gasteiger partial charge in [0.05, 0.1) is 10.8 Å². The highest BCUT2D eigenvalue weighted by atomic mass is 79.9. The number of fused-ring (bicyclic) bond motifs is 3. The zero-order valence-corrected chi connectivity index (χ0v) is 12.4. The van der Waals surface area contributed by atoms with E-state index in [1.54, 1.807) is 11.8 Å². The number of rotatable bonds is 1. The molecule has 3 nitrogen and oxygen atoms in total. The van der Waals surface area contributed by atoms with E-state index in [1.165, 1.54) is 0 Å². The number of hydrogen-bond acceptors (Lipinski definition) is 4. The molecule has 0 aromatic heterocycles. The molecule has 1 atom stereocenters. The van der Waals surface area contributed by atoms with E-state index in [4.69, 9.17) is 9.47 Å². The Morgan fingerprint density at radius 1 is 1.44 bits per heavy atom. The molecule has 0 bridgehead atoms. The van der Waals surface area contributed by atoms with Crippen LogP contribution in [0.5, 0.6) is 11.5 Å². The summed E-state index contributed by atoms with van der Waals surface area (Å²) in [4.78, 5) is 12.5. The summed E-state index contributed by atoms with van der Waals surface area (Å²) in [6.45, 7) is 3.10. The van der Waals surface area contributed by atoms with Gasteiger partial charge in [-0.3, -0.25) is 4.79 Å². The molecule has 0 radical (unpaired) electrons. The van der Waals surface area contributed by atoms with Crippen LogP contribution in [0.3, 0.4) is 0 Å². The Kier molecular flexibility index (Phi) is 3.28. The normalized spacial score (nSPS) is 21.7. The second kappa shape index (κ2) is 4.78. The van der Waals surface area contributed by atoms with E-state index in [0.29, 0.717) is 24.7 Å². The van der Waals surface area contributed by atoms with Crippen LogP contribution in [-0.2, 0) is 5.75 Å². The maximum absolute atomic E-state index is 12.5. The molecule has 1 unspecified atom stereocenters. The minimum absolute atomic E-state index is 0.0430. The molecule has 5 heteroatoms. The van der Waals surface area contributed by atoms with Crippen LogP contribution in [0.1, 0.15) is 29.3 Å². The molecule has 2 heterocycles. The van der Waals surface area contributed by atoms with Gasteiger partial charge in [-0.2, -0.15) is 0 Å². The van der Waals surface area contributed by atoms with Crippen LogP contribution in [0.25, 0.3) is 0 Å². The number of Topliss-reactive ketones (excluding diaryl/α,β-unsaturated/α-hetero) is 1. The molecule has 96 valence electrons. The quantitative estimate of drug-likeness (QED) is 0.791. The van der Waals surface area contributed by atoms with E-state index in [0.717, 1.165) is 27.8 Å². The van der Waals surface area contributed by atoms with Gasteiger partial charge in [-0.1, -0.05) is 22.9 Å². The molecule has 0 saturated carbocycles. The molecule has 0 amide bonds. The van der Waals surface area contributed by atoms with Gasteiger partial charge in [-0.15, -0.1) is 11.8 Å². The van der Waals surface area contributed by atoms with Crippen molar-refractivity contribution in [2.75, 3.05) is 13.2 Å². The second-order valence-electron chi connectivity index (χ2n) is 4.31. The van der Waals surface area contributed by atoms with Gasteiger partial charge in [-0.25, -0.2) is 0 Å². The number of ether oxygens (including phenoxy) is 2. The highest BCUT2D eigenvalue weighted by molar-refractivity contribution is 9.10. The first kappa shape index (κ1) is 12.4. The van der Waals surface area contributed by atoms with Gasteiger partial charge in [0.15, 0.2) is 17.3 Å². The van der Waals surface area contributed by atoms with E-state index in [1.807, 2.05) is 13.0 Å². The van der Waals surface area contributed by atoms with Crippen molar-refractivity contribution >= 4 is 33.5 Å². The standard InChI is InChI=1S/C13H13BrO3S/c1-2-10-12(15)11-7(6-18-10)8(14)5-9-13(11)17-4-3-16-9/h5,10H,2-4,6H2,1H3. The number of ketones is 1. The lowest BCUT2D eigenvalue weighted by atomic mass is 9.98. The van der Waals surface area contributed by atoms with E-state index in [-0.39, 0.29) is 11.0 Å². The minimum Gasteiger partial charge on any atom is -0.486 e. The van der Waals surface area contributed by atoms with Gasteiger partial charge in [0, 0.05) is 10.2 Å². The number of carbonyl (C=O) groups is 1. The van der Waals surface area contributed by atoms with Crippen molar-refractivity contribution in [2.45, 2.75) is 24.3 Å². The molecule has 0 spiro atoms. The molecule has 1 aromatic carbocycles. The van der Waals surface area contributed by atoms with Crippen LogP contribution < -0.4 is 9.47 Å². The minimum atomic E-state index is 0.0430. The van der Waals surface area contributed by atoms with Gasteiger partial charge in [0.1, 0.15) is 13.2 Å². The average molecular weight is 329 g/mol. The van der Waals surface area contributed by atoms with Crippen molar-refractivity contribution in [3.8, 4) is 11.5 Å². The Bertz CT molecular complexity index is 515. The molecule has 3 rings (SSSR count). The Morgan fingerprint density at radius 3 is 3.00 bits per heavy atom. The van der Waals surface area contributed by atoms with E-state index in [9.17, 15) is 4.79 Å². The fraction of sp³-hybridized carbons (Fsp3) is 0.462. The van der Waals surface area contributed by atoms with Crippen molar-refractivity contribution in [3.63, 3.8) is 0 Å². The second-order valence-corrected chi connectivity index (χ2v) is 6.35. The smallest absolute Gasteiger partial charge is 0.180 e. The molecular formula is C13H13BrO3S. The first-order valence-electron chi connectivity index (χ1n) is 5.99. The fourth-order valence-electron chi connectivity index (χ4n) is 2.32. The molecule has 18 heavy (non-hydrogen) atoms. The number of hydrogen-bond donors (Lipinski definition) is 0. The fourth-order valence-corrected chi connectivity index (χ4v) is 4.22. The van der Waals surface area contributed by atoms with Crippen LogP contribution in [0, 0.1) is 0 Å². The predicted octanol–water partition coefficient (Wildman–Crippen LogP) is 3.43. The summed E-state index contributed by atoms with van der Waals surface area (Å²) in [7, 11) is 0. The third-order valence-corrected chi connectivity index (χ3v) is 5.34. The summed E-state index contributed by atoms with van der Waals surface area (Å²) >= 11 is 5.23. The molecule has 0 fully saturated rings. The van der Waals surface area contributed by atoms with Crippen molar-refractivity contribution in [1.29, 1.82) is 0 Å². The largest absolute Gasteiger partial charge is 0.486 e. The third kappa shape index (κ3) is 1.84. The summed E-state index contributed by atoms with van der Waals surface area (Å²) in [5.41, 5.74) is 1.77. The van der Waals surface area contributed by atoms with Crippen LogP contribution in [0.4, 0.5) is 0 Å². The van der Waals surface area contributed by atoms with Gasteiger partial charge in [-0.05, 0) is 18.1 Å². The highest BCUT2D eigenvalue weighted by Crippen LogP contribution is 2.46. The Hall–Kier alpha value is -0.680. The first-order chi connectivity index (χ1) is 8.72. The Labute approximate surface area is 118 Å². The summed E-state index contributed by atoms with van der Waals surface area (Å²) in [6.07, 6.45) is 0.852. The van der Waals surface area contributed by atoms with Gasteiger partial charge in [0.2, 0.25) is 0 Å². The number of benzene rings is 1. The van der Waals surface area contributed by atoms with E-state index in [2.05, 4.69) is 15.9 Å². The topological polar surface area (TPSA) is 35.5 Å². The summed E-state index contributed by atoms with van der Waals surface area (Å²) in [6, 6.07) is 1.91.